The Labute approximate surface area is 72.7 Å². The van der Waals surface area contributed by atoms with Crippen LogP contribution < -0.4 is 11.1 Å². The number of fused-ring (bicyclic) bond motifs is 2. The minimum Gasteiger partial charge on any atom is -0.370 e. The van der Waals surface area contributed by atoms with Gasteiger partial charge in [0.2, 0.25) is 5.91 Å². The lowest BCUT2D eigenvalue weighted by Crippen LogP contribution is -2.39. The van der Waals surface area contributed by atoms with Gasteiger partial charge in [0.1, 0.15) is 0 Å². The van der Waals surface area contributed by atoms with Crippen LogP contribution in [0.25, 0.3) is 0 Å². The van der Waals surface area contributed by atoms with Crippen molar-refractivity contribution in [2.45, 2.75) is 44.2 Å². The van der Waals surface area contributed by atoms with Crippen LogP contribution in [-0.4, -0.2) is 18.0 Å². The first-order valence-electron chi connectivity index (χ1n) is 4.78. The van der Waals surface area contributed by atoms with E-state index >= 15 is 0 Å². The van der Waals surface area contributed by atoms with Gasteiger partial charge in [-0.3, -0.25) is 4.79 Å². The van der Waals surface area contributed by atoms with Crippen LogP contribution in [0, 0.1) is 5.92 Å². The van der Waals surface area contributed by atoms with Crippen molar-refractivity contribution in [3.63, 3.8) is 0 Å². The highest BCUT2D eigenvalue weighted by Crippen LogP contribution is 2.32. The third-order valence-corrected chi connectivity index (χ3v) is 3.06. The van der Waals surface area contributed by atoms with Crippen LogP contribution in [0.2, 0.25) is 0 Å². The predicted octanol–water partition coefficient (Wildman–Crippen LogP) is 0.392. The van der Waals surface area contributed by atoms with E-state index in [4.69, 9.17) is 5.73 Å². The van der Waals surface area contributed by atoms with Gasteiger partial charge in [0.15, 0.2) is 0 Å². The zero-order valence-corrected chi connectivity index (χ0v) is 7.25. The molecule has 2 unspecified atom stereocenters. The van der Waals surface area contributed by atoms with Gasteiger partial charge in [0.05, 0.1) is 0 Å². The van der Waals surface area contributed by atoms with Crippen LogP contribution in [0.3, 0.4) is 0 Å². The molecule has 0 aliphatic carbocycles. The molecule has 3 heteroatoms. The lowest BCUT2D eigenvalue weighted by atomic mass is 9.89. The fourth-order valence-corrected chi connectivity index (χ4v) is 2.63. The van der Waals surface area contributed by atoms with E-state index in [1.807, 2.05) is 0 Å². The van der Waals surface area contributed by atoms with Crippen molar-refractivity contribution >= 4 is 5.91 Å². The maximum absolute atomic E-state index is 10.7. The number of carbonyl (C=O) groups excluding carboxylic acids is 1. The number of hydrogen-bond donors (Lipinski definition) is 2. The summed E-state index contributed by atoms with van der Waals surface area (Å²) in [6, 6.07) is 1.35. The number of nitrogens with one attached hydrogen (secondary N) is 1. The third kappa shape index (κ3) is 1.61. The van der Waals surface area contributed by atoms with Gasteiger partial charge in [-0.1, -0.05) is 0 Å². The van der Waals surface area contributed by atoms with Crippen LogP contribution in [0.4, 0.5) is 0 Å². The molecule has 0 saturated carbocycles. The fourth-order valence-electron chi connectivity index (χ4n) is 2.63. The van der Waals surface area contributed by atoms with Gasteiger partial charge in [-0.25, -0.2) is 0 Å². The molecule has 2 aliphatic heterocycles. The Hall–Kier alpha value is -0.570. The molecule has 68 valence electrons. The predicted molar refractivity (Wildman–Crippen MR) is 46.5 cm³/mol. The summed E-state index contributed by atoms with van der Waals surface area (Å²) in [4.78, 5) is 10.7. The number of amides is 1. The molecular formula is C9H16N2O. The summed E-state index contributed by atoms with van der Waals surface area (Å²) in [7, 11) is 0. The molecule has 2 fully saturated rings. The number of hydrogen-bond acceptors (Lipinski definition) is 2. The van der Waals surface area contributed by atoms with Crippen molar-refractivity contribution in [1.82, 2.24) is 5.32 Å². The summed E-state index contributed by atoms with van der Waals surface area (Å²) < 4.78 is 0. The minimum atomic E-state index is -0.138. The number of primary amides is 1. The molecule has 12 heavy (non-hydrogen) atoms. The van der Waals surface area contributed by atoms with Crippen LogP contribution in [0.5, 0.6) is 0 Å². The highest BCUT2D eigenvalue weighted by atomic mass is 16.1. The molecule has 0 aromatic rings. The minimum absolute atomic E-state index is 0.138. The standard InChI is InChI=1S/C9H16N2O/c10-9(12)5-6-3-7-1-2-8(4-6)11-7/h6-8,11H,1-5H2,(H2,10,12). The average molecular weight is 168 g/mol. The first-order chi connectivity index (χ1) is 5.74. The van der Waals surface area contributed by atoms with E-state index in [0.717, 1.165) is 12.8 Å². The first-order valence-corrected chi connectivity index (χ1v) is 4.78. The molecule has 2 heterocycles. The van der Waals surface area contributed by atoms with E-state index < -0.39 is 0 Å². The largest absolute Gasteiger partial charge is 0.370 e. The van der Waals surface area contributed by atoms with Crippen molar-refractivity contribution in [1.29, 1.82) is 0 Å². The quantitative estimate of drug-likeness (QED) is 0.626. The SMILES string of the molecule is NC(=O)CC1CC2CCC(C1)N2. The van der Waals surface area contributed by atoms with Crippen LogP contribution >= 0.6 is 0 Å². The maximum atomic E-state index is 10.7. The van der Waals surface area contributed by atoms with Crippen molar-refractivity contribution in [2.24, 2.45) is 11.7 Å². The second-order valence-corrected chi connectivity index (χ2v) is 4.15. The van der Waals surface area contributed by atoms with Gasteiger partial charge in [-0.05, 0) is 31.6 Å². The number of piperidine rings is 1. The van der Waals surface area contributed by atoms with Gasteiger partial charge in [-0.15, -0.1) is 0 Å². The Morgan fingerprint density at radius 1 is 1.33 bits per heavy atom. The monoisotopic (exact) mass is 168 g/mol. The molecule has 2 saturated heterocycles. The highest BCUT2D eigenvalue weighted by Gasteiger charge is 2.33. The molecule has 2 atom stereocenters. The number of nitrogens with two attached hydrogens (primary N) is 1. The summed E-state index contributed by atoms with van der Waals surface area (Å²) in [5, 5.41) is 3.54. The zero-order valence-electron chi connectivity index (χ0n) is 7.25. The van der Waals surface area contributed by atoms with Crippen LogP contribution in [-0.2, 0) is 4.79 Å². The van der Waals surface area contributed by atoms with E-state index in [0.29, 0.717) is 24.4 Å². The number of rotatable bonds is 2. The molecule has 3 nitrogen and oxygen atoms in total. The molecule has 2 rings (SSSR count). The average Bonchev–Trinajstić information content (AvgIpc) is 2.29. The van der Waals surface area contributed by atoms with Crippen molar-refractivity contribution in [3.8, 4) is 0 Å². The third-order valence-electron chi connectivity index (χ3n) is 3.06. The lowest BCUT2D eigenvalue weighted by molar-refractivity contribution is -0.119. The molecule has 0 radical (unpaired) electrons. The highest BCUT2D eigenvalue weighted by molar-refractivity contribution is 5.74. The summed E-state index contributed by atoms with van der Waals surface area (Å²) in [6.07, 6.45) is 5.48. The Bertz CT molecular complexity index is 181. The van der Waals surface area contributed by atoms with Crippen molar-refractivity contribution < 1.29 is 4.79 Å². The van der Waals surface area contributed by atoms with E-state index in [9.17, 15) is 4.79 Å². The fraction of sp³-hybridized carbons (Fsp3) is 0.889. The summed E-state index contributed by atoms with van der Waals surface area (Å²) in [5.74, 6) is 0.419. The molecule has 2 bridgehead atoms. The van der Waals surface area contributed by atoms with Crippen molar-refractivity contribution in [2.75, 3.05) is 0 Å². The van der Waals surface area contributed by atoms with Gasteiger partial charge in [0, 0.05) is 18.5 Å². The normalized spacial score (nSPS) is 39.8. The first kappa shape index (κ1) is 8.05. The molecule has 2 aliphatic rings. The Morgan fingerprint density at radius 3 is 2.42 bits per heavy atom. The topological polar surface area (TPSA) is 55.1 Å². The molecule has 1 amide bonds. The maximum Gasteiger partial charge on any atom is 0.217 e. The van der Waals surface area contributed by atoms with Crippen LogP contribution in [0.15, 0.2) is 0 Å². The van der Waals surface area contributed by atoms with Gasteiger partial charge >= 0.3 is 0 Å². The van der Waals surface area contributed by atoms with E-state index in [2.05, 4.69) is 5.32 Å². The summed E-state index contributed by atoms with van der Waals surface area (Å²) in [6.45, 7) is 0. The molecule has 0 aromatic carbocycles. The van der Waals surface area contributed by atoms with E-state index in [1.54, 1.807) is 0 Å². The zero-order chi connectivity index (χ0) is 8.55. The van der Waals surface area contributed by atoms with Crippen molar-refractivity contribution in [3.05, 3.63) is 0 Å². The number of carbonyl (C=O) groups is 1. The molecule has 0 aromatic heterocycles. The van der Waals surface area contributed by atoms with E-state index in [-0.39, 0.29) is 5.91 Å². The van der Waals surface area contributed by atoms with Gasteiger partial charge < -0.3 is 11.1 Å². The Balaban J connectivity index is 1.89. The summed E-state index contributed by atoms with van der Waals surface area (Å²) in [5.41, 5.74) is 5.18. The lowest BCUT2D eigenvalue weighted by Gasteiger charge is -2.28. The summed E-state index contributed by atoms with van der Waals surface area (Å²) >= 11 is 0. The second kappa shape index (κ2) is 3.05. The van der Waals surface area contributed by atoms with E-state index in [1.165, 1.54) is 12.8 Å². The van der Waals surface area contributed by atoms with Gasteiger partial charge in [-0.2, -0.15) is 0 Å². The Morgan fingerprint density at radius 2 is 1.92 bits per heavy atom. The molecule has 3 N–H and O–H groups in total. The van der Waals surface area contributed by atoms with Gasteiger partial charge in [0.25, 0.3) is 0 Å². The van der Waals surface area contributed by atoms with Crippen LogP contribution in [0.1, 0.15) is 32.1 Å². The Kier molecular flexibility index (Phi) is 2.05. The molecule has 0 spiro atoms. The second-order valence-electron chi connectivity index (χ2n) is 4.15. The smallest absolute Gasteiger partial charge is 0.217 e. The molecular weight excluding hydrogens is 152 g/mol.